The smallest absolute Gasteiger partial charge is 0.416 e. The Hall–Kier alpha value is -3.95. The van der Waals surface area contributed by atoms with Gasteiger partial charge in [0.25, 0.3) is 0 Å². The Labute approximate surface area is 193 Å². The molecule has 0 aliphatic rings. The molecule has 0 bridgehead atoms. The maximum Gasteiger partial charge on any atom is 0.416 e. The third-order valence-electron chi connectivity index (χ3n) is 4.86. The quantitative estimate of drug-likeness (QED) is 0.265. The molecule has 0 saturated carbocycles. The Morgan fingerprint density at radius 2 is 1.20 bits per heavy atom. The van der Waals surface area contributed by atoms with Crippen molar-refractivity contribution in [3.05, 3.63) is 101 Å². The van der Waals surface area contributed by atoms with Crippen LogP contribution in [0.4, 0.5) is 35.1 Å². The van der Waals surface area contributed by atoms with E-state index in [0.29, 0.717) is 12.1 Å². The molecule has 4 rings (SSSR count). The highest BCUT2D eigenvalue weighted by Crippen LogP contribution is 2.37. The molecule has 0 aliphatic carbocycles. The molecule has 0 saturated heterocycles. The Morgan fingerprint density at radius 1 is 0.657 bits per heavy atom. The number of hydrogen-bond acceptors (Lipinski definition) is 2. The average Bonchev–Trinajstić information content (AvgIpc) is 3.21. The SMILES string of the molecule is Fc1cccc(-c2nc(/C=C/c3cc(C(F)(F)F)cc(C(F)(F)F)c3)oc2-c2cccc(F)c2)c1. The largest absolute Gasteiger partial charge is 0.436 e. The minimum Gasteiger partial charge on any atom is -0.436 e. The molecule has 0 radical (unpaired) electrons. The monoisotopic (exact) mass is 495 g/mol. The normalized spacial score (nSPS) is 12.5. The molecule has 0 spiro atoms. The highest BCUT2D eigenvalue weighted by atomic mass is 19.4. The molecular weight excluding hydrogens is 482 g/mol. The van der Waals surface area contributed by atoms with Crippen LogP contribution in [0.1, 0.15) is 22.6 Å². The number of aromatic nitrogens is 1. The van der Waals surface area contributed by atoms with Crippen molar-refractivity contribution in [2.45, 2.75) is 12.4 Å². The molecule has 10 heteroatoms. The van der Waals surface area contributed by atoms with E-state index in [1.165, 1.54) is 36.4 Å². The van der Waals surface area contributed by atoms with E-state index in [4.69, 9.17) is 4.42 Å². The minimum absolute atomic E-state index is 0.0204. The van der Waals surface area contributed by atoms with Gasteiger partial charge in [-0.25, -0.2) is 13.8 Å². The zero-order valence-electron chi connectivity index (χ0n) is 17.4. The molecule has 1 aromatic heterocycles. The number of halogens is 8. The first-order valence-corrected chi connectivity index (χ1v) is 9.90. The molecule has 0 unspecified atom stereocenters. The van der Waals surface area contributed by atoms with Gasteiger partial charge in [0.2, 0.25) is 5.89 Å². The van der Waals surface area contributed by atoms with Crippen molar-refractivity contribution < 1.29 is 39.5 Å². The van der Waals surface area contributed by atoms with Crippen molar-refractivity contribution >= 4 is 12.2 Å². The molecule has 2 nitrogen and oxygen atoms in total. The van der Waals surface area contributed by atoms with Crippen LogP contribution in [-0.4, -0.2) is 4.98 Å². The summed E-state index contributed by atoms with van der Waals surface area (Å²) in [6.45, 7) is 0. The third kappa shape index (κ3) is 5.59. The summed E-state index contributed by atoms with van der Waals surface area (Å²) >= 11 is 0. The maximum atomic E-state index is 13.8. The second kappa shape index (κ2) is 9.01. The second-order valence-corrected chi connectivity index (χ2v) is 7.42. The maximum absolute atomic E-state index is 13.8. The van der Waals surface area contributed by atoms with Gasteiger partial charge in [0, 0.05) is 17.2 Å². The van der Waals surface area contributed by atoms with Gasteiger partial charge in [-0.1, -0.05) is 24.3 Å². The Kier molecular flexibility index (Phi) is 6.23. The van der Waals surface area contributed by atoms with Crippen LogP contribution in [-0.2, 0) is 12.4 Å². The fourth-order valence-corrected chi connectivity index (χ4v) is 3.31. The standard InChI is InChI=1S/C25H13F8NO/c26-19-5-1-3-15(11-19)22-23(16-4-2-6-20(27)12-16)35-21(34-22)8-7-14-9-17(24(28,29)30)13-18(10-14)25(31,32)33/h1-13H/b8-7+. The molecule has 0 N–H and O–H groups in total. The van der Waals surface area contributed by atoms with Crippen molar-refractivity contribution in [2.24, 2.45) is 0 Å². The number of alkyl halides is 6. The number of benzene rings is 3. The van der Waals surface area contributed by atoms with E-state index in [0.717, 1.165) is 24.3 Å². The number of oxazole rings is 1. The van der Waals surface area contributed by atoms with E-state index in [-0.39, 0.29) is 34.5 Å². The van der Waals surface area contributed by atoms with Crippen LogP contribution in [0, 0.1) is 11.6 Å². The third-order valence-corrected chi connectivity index (χ3v) is 4.86. The predicted molar refractivity (Wildman–Crippen MR) is 113 cm³/mol. The van der Waals surface area contributed by atoms with Crippen LogP contribution in [0.2, 0.25) is 0 Å². The minimum atomic E-state index is -5.00. The van der Waals surface area contributed by atoms with Crippen LogP contribution in [0.15, 0.2) is 71.1 Å². The lowest BCUT2D eigenvalue weighted by atomic mass is 10.0. The van der Waals surface area contributed by atoms with Gasteiger partial charge >= 0.3 is 12.4 Å². The first kappa shape index (κ1) is 24.2. The Bertz CT molecular complexity index is 1300. The molecular formula is C25H13F8NO. The summed E-state index contributed by atoms with van der Waals surface area (Å²) in [6.07, 6.45) is -7.95. The summed E-state index contributed by atoms with van der Waals surface area (Å²) in [7, 11) is 0. The predicted octanol–water partition coefficient (Wildman–Crippen LogP) is 8.49. The van der Waals surface area contributed by atoms with Crippen molar-refractivity contribution in [3.8, 4) is 22.6 Å². The second-order valence-electron chi connectivity index (χ2n) is 7.42. The van der Waals surface area contributed by atoms with Gasteiger partial charge in [0.15, 0.2) is 5.76 Å². The number of nitrogens with zero attached hydrogens (tertiary/aromatic N) is 1. The zero-order chi connectivity index (χ0) is 25.4. The lowest BCUT2D eigenvalue weighted by molar-refractivity contribution is -0.143. The summed E-state index contributed by atoms with van der Waals surface area (Å²) in [5.41, 5.74) is -2.72. The van der Waals surface area contributed by atoms with E-state index in [1.807, 2.05) is 0 Å². The summed E-state index contributed by atoms with van der Waals surface area (Å²) < 4.78 is 112. The first-order valence-electron chi connectivity index (χ1n) is 9.90. The van der Waals surface area contributed by atoms with Gasteiger partial charge in [-0.2, -0.15) is 26.3 Å². The fraction of sp³-hybridized carbons (Fsp3) is 0.0800. The van der Waals surface area contributed by atoms with Crippen molar-refractivity contribution in [1.82, 2.24) is 4.98 Å². The van der Waals surface area contributed by atoms with Crippen molar-refractivity contribution in [3.63, 3.8) is 0 Å². The molecule has 0 fully saturated rings. The van der Waals surface area contributed by atoms with Crippen LogP contribution in [0.5, 0.6) is 0 Å². The molecule has 1 heterocycles. The van der Waals surface area contributed by atoms with Gasteiger partial charge in [-0.3, -0.25) is 0 Å². The van der Waals surface area contributed by atoms with Crippen LogP contribution in [0.25, 0.3) is 34.7 Å². The first-order chi connectivity index (χ1) is 16.4. The van der Waals surface area contributed by atoms with Crippen molar-refractivity contribution in [1.29, 1.82) is 0 Å². The molecule has 180 valence electrons. The summed E-state index contributed by atoms with van der Waals surface area (Å²) in [5, 5.41) is 0. The molecule has 4 aromatic rings. The van der Waals surface area contributed by atoms with Gasteiger partial charge in [-0.05, 0) is 54.1 Å². The zero-order valence-corrected chi connectivity index (χ0v) is 17.4. The molecule has 0 amide bonds. The van der Waals surface area contributed by atoms with E-state index >= 15 is 0 Å². The van der Waals surface area contributed by atoms with Gasteiger partial charge in [0.1, 0.15) is 17.3 Å². The van der Waals surface area contributed by atoms with Crippen LogP contribution >= 0.6 is 0 Å². The van der Waals surface area contributed by atoms with Crippen LogP contribution < -0.4 is 0 Å². The number of rotatable bonds is 4. The van der Waals surface area contributed by atoms with E-state index < -0.39 is 40.7 Å². The van der Waals surface area contributed by atoms with E-state index in [2.05, 4.69) is 4.98 Å². The Morgan fingerprint density at radius 3 is 1.74 bits per heavy atom. The summed E-state index contributed by atoms with van der Waals surface area (Å²) in [5.74, 6) is -1.34. The highest BCUT2D eigenvalue weighted by molar-refractivity contribution is 5.79. The lowest BCUT2D eigenvalue weighted by Crippen LogP contribution is -2.11. The van der Waals surface area contributed by atoms with Gasteiger partial charge < -0.3 is 4.42 Å². The molecule has 3 aromatic carbocycles. The topological polar surface area (TPSA) is 26.0 Å². The Balaban J connectivity index is 1.80. The molecule has 35 heavy (non-hydrogen) atoms. The lowest BCUT2D eigenvalue weighted by Gasteiger charge is -2.12. The van der Waals surface area contributed by atoms with Gasteiger partial charge in [0.05, 0.1) is 11.1 Å². The van der Waals surface area contributed by atoms with Crippen molar-refractivity contribution in [2.75, 3.05) is 0 Å². The van der Waals surface area contributed by atoms with Crippen LogP contribution in [0.3, 0.4) is 0 Å². The van der Waals surface area contributed by atoms with E-state index in [1.54, 1.807) is 0 Å². The fourth-order valence-electron chi connectivity index (χ4n) is 3.31. The molecule has 0 aliphatic heterocycles. The van der Waals surface area contributed by atoms with E-state index in [9.17, 15) is 35.1 Å². The number of hydrogen-bond donors (Lipinski definition) is 0. The summed E-state index contributed by atoms with van der Waals surface area (Å²) in [4.78, 5) is 4.20. The van der Waals surface area contributed by atoms with Gasteiger partial charge in [-0.15, -0.1) is 0 Å². The highest BCUT2D eigenvalue weighted by Gasteiger charge is 2.36. The molecule has 0 atom stereocenters. The average molecular weight is 495 g/mol. The summed E-state index contributed by atoms with van der Waals surface area (Å²) in [6, 6.07) is 11.6.